The number of aryl methyl sites for hydroxylation is 1. The van der Waals surface area contributed by atoms with E-state index in [-0.39, 0.29) is 5.91 Å². The lowest BCUT2D eigenvalue weighted by Crippen LogP contribution is -2.49. The maximum absolute atomic E-state index is 11.8. The van der Waals surface area contributed by atoms with Gasteiger partial charge < -0.3 is 10.2 Å². The third-order valence-electron chi connectivity index (χ3n) is 4.05. The summed E-state index contributed by atoms with van der Waals surface area (Å²) in [6, 6.07) is 9.11. The molecule has 0 bridgehead atoms. The van der Waals surface area contributed by atoms with Crippen molar-refractivity contribution in [1.82, 2.24) is 10.2 Å². The molecule has 0 unspecified atom stereocenters. The first kappa shape index (κ1) is 13.4. The Bertz CT molecular complexity index is 476. The number of hydrogen-bond acceptors (Lipinski definition) is 3. The van der Waals surface area contributed by atoms with E-state index in [1.165, 1.54) is 11.3 Å². The lowest BCUT2D eigenvalue weighted by Gasteiger charge is -2.35. The molecule has 0 spiro atoms. The Morgan fingerprint density at radius 3 is 2.65 bits per heavy atom. The first-order chi connectivity index (χ1) is 9.70. The van der Waals surface area contributed by atoms with Crippen molar-refractivity contribution >= 4 is 11.6 Å². The van der Waals surface area contributed by atoms with Gasteiger partial charge in [0.05, 0.1) is 6.54 Å². The Hall–Kier alpha value is -1.55. The zero-order valence-electron chi connectivity index (χ0n) is 12.1. The summed E-state index contributed by atoms with van der Waals surface area (Å²) in [5.74, 6) is 0.191. The van der Waals surface area contributed by atoms with Crippen molar-refractivity contribution in [3.63, 3.8) is 0 Å². The number of rotatable bonds is 4. The van der Waals surface area contributed by atoms with E-state index in [1.54, 1.807) is 0 Å². The first-order valence-electron chi connectivity index (χ1n) is 7.54. The van der Waals surface area contributed by atoms with E-state index >= 15 is 0 Å². The number of anilines is 1. The van der Waals surface area contributed by atoms with Crippen LogP contribution in [0.2, 0.25) is 0 Å². The summed E-state index contributed by atoms with van der Waals surface area (Å²) >= 11 is 0. The van der Waals surface area contributed by atoms with Gasteiger partial charge in [-0.05, 0) is 37.5 Å². The largest absolute Gasteiger partial charge is 0.369 e. The van der Waals surface area contributed by atoms with Crippen LogP contribution in [0.25, 0.3) is 0 Å². The van der Waals surface area contributed by atoms with Crippen LogP contribution >= 0.6 is 0 Å². The van der Waals surface area contributed by atoms with Crippen LogP contribution in [-0.4, -0.2) is 49.6 Å². The molecule has 1 N–H and O–H groups in total. The van der Waals surface area contributed by atoms with Crippen molar-refractivity contribution in [3.8, 4) is 0 Å². The monoisotopic (exact) mass is 273 g/mol. The van der Waals surface area contributed by atoms with E-state index in [4.69, 9.17) is 0 Å². The zero-order chi connectivity index (χ0) is 13.9. The molecule has 4 nitrogen and oxygen atoms in total. The second-order valence-corrected chi connectivity index (χ2v) is 5.94. The molecule has 0 atom stereocenters. The molecule has 1 aliphatic heterocycles. The smallest absolute Gasteiger partial charge is 0.234 e. The van der Waals surface area contributed by atoms with Gasteiger partial charge in [-0.15, -0.1) is 0 Å². The molecule has 20 heavy (non-hydrogen) atoms. The number of nitrogens with one attached hydrogen (secondary N) is 1. The summed E-state index contributed by atoms with van der Waals surface area (Å²) in [6.07, 6.45) is 2.32. The molecule has 2 fully saturated rings. The van der Waals surface area contributed by atoms with Gasteiger partial charge in [-0.1, -0.05) is 12.1 Å². The van der Waals surface area contributed by atoms with Crippen molar-refractivity contribution in [2.45, 2.75) is 25.8 Å². The second-order valence-electron chi connectivity index (χ2n) is 5.94. The number of piperazine rings is 1. The predicted molar refractivity (Wildman–Crippen MR) is 81.0 cm³/mol. The summed E-state index contributed by atoms with van der Waals surface area (Å²) in [5, 5.41) is 3.06. The minimum absolute atomic E-state index is 0.191. The van der Waals surface area contributed by atoms with Crippen LogP contribution in [0.5, 0.6) is 0 Å². The predicted octanol–water partition coefficient (Wildman–Crippen LogP) is 1.40. The number of carbonyl (C=O) groups is 1. The molecular formula is C16H23N3O. The van der Waals surface area contributed by atoms with E-state index in [9.17, 15) is 4.79 Å². The third-order valence-corrected chi connectivity index (χ3v) is 4.05. The molecule has 1 saturated heterocycles. The number of carbonyl (C=O) groups excluding carboxylic acids is 1. The van der Waals surface area contributed by atoms with E-state index in [2.05, 4.69) is 46.3 Å². The van der Waals surface area contributed by atoms with Crippen LogP contribution in [-0.2, 0) is 4.79 Å². The first-order valence-corrected chi connectivity index (χ1v) is 7.54. The van der Waals surface area contributed by atoms with Crippen molar-refractivity contribution in [3.05, 3.63) is 29.8 Å². The Morgan fingerprint density at radius 1 is 1.25 bits per heavy atom. The van der Waals surface area contributed by atoms with Crippen LogP contribution in [0.1, 0.15) is 18.4 Å². The Morgan fingerprint density at radius 2 is 2.00 bits per heavy atom. The summed E-state index contributed by atoms with van der Waals surface area (Å²) in [6.45, 7) is 6.61. The highest BCUT2D eigenvalue weighted by Gasteiger charge is 2.25. The van der Waals surface area contributed by atoms with Crippen molar-refractivity contribution in [1.29, 1.82) is 0 Å². The molecule has 0 radical (unpaired) electrons. The van der Waals surface area contributed by atoms with E-state index in [0.29, 0.717) is 12.6 Å². The molecule has 2 aliphatic rings. The molecule has 1 heterocycles. The fourth-order valence-corrected chi connectivity index (χ4v) is 2.69. The van der Waals surface area contributed by atoms with Crippen molar-refractivity contribution in [2.24, 2.45) is 0 Å². The fraction of sp³-hybridized carbons (Fsp3) is 0.562. The number of hydrogen-bond donors (Lipinski definition) is 1. The van der Waals surface area contributed by atoms with Gasteiger partial charge in [0.15, 0.2) is 0 Å². The maximum atomic E-state index is 11.8. The third kappa shape index (κ3) is 3.51. The average molecular weight is 273 g/mol. The zero-order valence-corrected chi connectivity index (χ0v) is 12.1. The minimum Gasteiger partial charge on any atom is -0.369 e. The molecule has 1 aromatic carbocycles. The number of nitrogens with zero attached hydrogens (tertiary/aromatic N) is 2. The quantitative estimate of drug-likeness (QED) is 0.900. The molecule has 1 aromatic rings. The molecule has 1 saturated carbocycles. The summed E-state index contributed by atoms with van der Waals surface area (Å²) in [4.78, 5) is 16.5. The van der Waals surface area contributed by atoms with Crippen LogP contribution in [0.15, 0.2) is 24.3 Å². The van der Waals surface area contributed by atoms with Crippen LogP contribution in [0.4, 0.5) is 5.69 Å². The molecule has 4 heteroatoms. The van der Waals surface area contributed by atoms with Gasteiger partial charge in [0, 0.05) is 37.9 Å². The molecular weight excluding hydrogens is 250 g/mol. The van der Waals surface area contributed by atoms with Crippen LogP contribution in [0, 0.1) is 6.92 Å². The highest BCUT2D eigenvalue weighted by molar-refractivity contribution is 5.78. The van der Waals surface area contributed by atoms with Gasteiger partial charge in [-0.3, -0.25) is 9.69 Å². The standard InChI is InChI=1S/C16H23N3O/c1-13-3-2-4-15(11-13)19-9-7-18(8-10-19)12-16(20)17-14-5-6-14/h2-4,11,14H,5-10,12H2,1H3,(H,17,20). The van der Waals surface area contributed by atoms with Crippen LogP contribution < -0.4 is 10.2 Å². The van der Waals surface area contributed by atoms with E-state index in [0.717, 1.165) is 39.0 Å². The summed E-state index contributed by atoms with van der Waals surface area (Å²) < 4.78 is 0. The molecule has 3 rings (SSSR count). The Kier molecular flexibility index (Phi) is 3.92. The Balaban J connectivity index is 1.47. The lowest BCUT2D eigenvalue weighted by atomic mass is 10.2. The van der Waals surface area contributed by atoms with Gasteiger partial charge in [0.25, 0.3) is 0 Å². The normalized spacial score (nSPS) is 19.9. The molecule has 108 valence electrons. The topological polar surface area (TPSA) is 35.6 Å². The molecule has 1 aliphatic carbocycles. The molecule has 0 aromatic heterocycles. The van der Waals surface area contributed by atoms with Crippen molar-refractivity contribution < 1.29 is 4.79 Å². The van der Waals surface area contributed by atoms with Gasteiger partial charge in [0.2, 0.25) is 5.91 Å². The minimum atomic E-state index is 0.191. The second kappa shape index (κ2) is 5.83. The lowest BCUT2D eigenvalue weighted by molar-refractivity contribution is -0.122. The van der Waals surface area contributed by atoms with E-state index in [1.807, 2.05) is 0 Å². The maximum Gasteiger partial charge on any atom is 0.234 e. The SMILES string of the molecule is Cc1cccc(N2CCN(CC(=O)NC3CC3)CC2)c1. The Labute approximate surface area is 120 Å². The van der Waals surface area contributed by atoms with Gasteiger partial charge in [-0.25, -0.2) is 0 Å². The van der Waals surface area contributed by atoms with Gasteiger partial charge >= 0.3 is 0 Å². The van der Waals surface area contributed by atoms with Gasteiger partial charge in [0.1, 0.15) is 0 Å². The summed E-state index contributed by atoms with van der Waals surface area (Å²) in [5.41, 5.74) is 2.60. The molecule has 1 amide bonds. The van der Waals surface area contributed by atoms with E-state index < -0.39 is 0 Å². The number of benzene rings is 1. The number of amides is 1. The van der Waals surface area contributed by atoms with Crippen LogP contribution in [0.3, 0.4) is 0 Å². The highest BCUT2D eigenvalue weighted by atomic mass is 16.2. The fourth-order valence-electron chi connectivity index (χ4n) is 2.69. The highest BCUT2D eigenvalue weighted by Crippen LogP contribution is 2.19. The van der Waals surface area contributed by atoms with Crippen molar-refractivity contribution in [2.75, 3.05) is 37.6 Å². The van der Waals surface area contributed by atoms with Gasteiger partial charge in [-0.2, -0.15) is 0 Å². The summed E-state index contributed by atoms with van der Waals surface area (Å²) in [7, 11) is 0. The average Bonchev–Trinajstić information content (AvgIpc) is 3.23.